The van der Waals surface area contributed by atoms with Crippen molar-refractivity contribution in [1.29, 1.82) is 0 Å². The second kappa shape index (κ2) is 6.45. The van der Waals surface area contributed by atoms with Gasteiger partial charge in [0.05, 0.1) is 0 Å². The lowest BCUT2D eigenvalue weighted by molar-refractivity contribution is 0.349. The van der Waals surface area contributed by atoms with Crippen LogP contribution in [0, 0.1) is 0 Å². The third kappa shape index (κ3) is 4.23. The SMILES string of the molecule is C=C(c1ccc(CC)cc1)N(C)CCN(C)C. The molecule has 1 aromatic rings. The van der Waals surface area contributed by atoms with Crippen LogP contribution in [0.3, 0.4) is 0 Å². The minimum atomic E-state index is 1.00. The molecule has 0 aromatic heterocycles. The van der Waals surface area contributed by atoms with Gasteiger partial charge in [0.25, 0.3) is 0 Å². The summed E-state index contributed by atoms with van der Waals surface area (Å²) in [5.41, 5.74) is 3.68. The van der Waals surface area contributed by atoms with E-state index in [1.165, 1.54) is 11.1 Å². The Balaban J connectivity index is 2.61. The van der Waals surface area contributed by atoms with E-state index in [0.717, 1.165) is 25.2 Å². The second-order valence-corrected chi connectivity index (χ2v) is 4.72. The zero-order chi connectivity index (χ0) is 12.8. The Hall–Kier alpha value is -1.28. The average Bonchev–Trinajstić information content (AvgIpc) is 2.35. The normalized spacial score (nSPS) is 10.6. The zero-order valence-corrected chi connectivity index (χ0v) is 11.5. The Bertz CT molecular complexity index is 352. The van der Waals surface area contributed by atoms with Gasteiger partial charge in [0.1, 0.15) is 0 Å². The number of nitrogens with zero attached hydrogens (tertiary/aromatic N) is 2. The highest BCUT2D eigenvalue weighted by molar-refractivity contribution is 5.61. The summed E-state index contributed by atoms with van der Waals surface area (Å²) >= 11 is 0. The van der Waals surface area contributed by atoms with Crippen LogP contribution in [-0.4, -0.2) is 44.0 Å². The predicted molar refractivity (Wildman–Crippen MR) is 76.0 cm³/mol. The van der Waals surface area contributed by atoms with Gasteiger partial charge in [-0.25, -0.2) is 0 Å². The van der Waals surface area contributed by atoms with Gasteiger partial charge in [0.15, 0.2) is 0 Å². The summed E-state index contributed by atoms with van der Waals surface area (Å²) in [6.07, 6.45) is 1.09. The van der Waals surface area contributed by atoms with Gasteiger partial charge in [-0.2, -0.15) is 0 Å². The van der Waals surface area contributed by atoms with Crippen molar-refractivity contribution in [2.75, 3.05) is 34.2 Å². The fourth-order valence-corrected chi connectivity index (χ4v) is 1.64. The molecule has 0 heterocycles. The molecule has 0 saturated heterocycles. The van der Waals surface area contributed by atoms with Crippen LogP contribution >= 0.6 is 0 Å². The summed E-state index contributed by atoms with van der Waals surface area (Å²) in [5.74, 6) is 0. The van der Waals surface area contributed by atoms with E-state index in [0.29, 0.717) is 0 Å². The number of likely N-dealkylation sites (N-methyl/N-ethyl adjacent to an activating group) is 2. The number of aryl methyl sites for hydroxylation is 1. The quantitative estimate of drug-likeness (QED) is 0.744. The third-order valence-corrected chi connectivity index (χ3v) is 3.04. The van der Waals surface area contributed by atoms with Crippen molar-refractivity contribution < 1.29 is 0 Å². The highest BCUT2D eigenvalue weighted by atomic mass is 15.2. The Morgan fingerprint density at radius 1 is 1.06 bits per heavy atom. The molecule has 2 nitrogen and oxygen atoms in total. The smallest absolute Gasteiger partial charge is 0.0364 e. The van der Waals surface area contributed by atoms with Crippen LogP contribution in [0.4, 0.5) is 0 Å². The van der Waals surface area contributed by atoms with Crippen LogP contribution in [-0.2, 0) is 6.42 Å². The molecule has 0 unspecified atom stereocenters. The van der Waals surface area contributed by atoms with Gasteiger partial charge < -0.3 is 9.80 Å². The molecule has 2 heteroatoms. The van der Waals surface area contributed by atoms with Crippen molar-refractivity contribution in [1.82, 2.24) is 9.80 Å². The van der Waals surface area contributed by atoms with Crippen LogP contribution < -0.4 is 0 Å². The summed E-state index contributed by atoms with van der Waals surface area (Å²) in [6.45, 7) is 8.38. The monoisotopic (exact) mass is 232 g/mol. The Labute approximate surface area is 106 Å². The molecule has 0 N–H and O–H groups in total. The van der Waals surface area contributed by atoms with Crippen molar-refractivity contribution in [3.05, 3.63) is 42.0 Å². The highest BCUT2D eigenvalue weighted by Crippen LogP contribution is 2.16. The average molecular weight is 232 g/mol. The molecule has 1 aromatic carbocycles. The van der Waals surface area contributed by atoms with E-state index in [1.54, 1.807) is 0 Å². The molecule has 17 heavy (non-hydrogen) atoms. The standard InChI is InChI=1S/C15H24N2/c1-6-14-7-9-15(10-8-14)13(2)17(5)12-11-16(3)4/h7-10H,2,6,11-12H2,1,3-5H3. The van der Waals surface area contributed by atoms with Gasteiger partial charge in [-0.15, -0.1) is 0 Å². The largest absolute Gasteiger partial charge is 0.373 e. The summed E-state index contributed by atoms with van der Waals surface area (Å²) in [7, 11) is 6.28. The number of benzene rings is 1. The summed E-state index contributed by atoms with van der Waals surface area (Å²) in [6, 6.07) is 8.68. The molecular weight excluding hydrogens is 208 g/mol. The molecule has 0 aliphatic carbocycles. The first kappa shape index (κ1) is 13.8. The maximum atomic E-state index is 4.17. The third-order valence-electron chi connectivity index (χ3n) is 3.04. The molecule has 0 atom stereocenters. The number of hydrogen-bond acceptors (Lipinski definition) is 2. The lowest BCUT2D eigenvalue weighted by atomic mass is 10.1. The summed E-state index contributed by atoms with van der Waals surface area (Å²) < 4.78 is 0. The lowest BCUT2D eigenvalue weighted by Crippen LogP contribution is -2.27. The molecule has 0 amide bonds. The molecule has 0 saturated carbocycles. The lowest BCUT2D eigenvalue weighted by Gasteiger charge is -2.23. The molecule has 0 radical (unpaired) electrons. The van der Waals surface area contributed by atoms with Crippen molar-refractivity contribution in [3.63, 3.8) is 0 Å². The maximum absolute atomic E-state index is 4.17. The fraction of sp³-hybridized carbons (Fsp3) is 0.467. The Morgan fingerprint density at radius 2 is 1.65 bits per heavy atom. The van der Waals surface area contributed by atoms with E-state index in [-0.39, 0.29) is 0 Å². The van der Waals surface area contributed by atoms with Gasteiger partial charge in [0, 0.05) is 25.8 Å². The molecule has 94 valence electrons. The van der Waals surface area contributed by atoms with Gasteiger partial charge >= 0.3 is 0 Å². The summed E-state index contributed by atoms with van der Waals surface area (Å²) in [5, 5.41) is 0. The van der Waals surface area contributed by atoms with E-state index < -0.39 is 0 Å². The molecule has 0 aliphatic heterocycles. The topological polar surface area (TPSA) is 6.48 Å². The van der Waals surface area contributed by atoms with Crippen molar-refractivity contribution in [2.45, 2.75) is 13.3 Å². The number of hydrogen-bond donors (Lipinski definition) is 0. The van der Waals surface area contributed by atoms with Crippen LogP contribution in [0.2, 0.25) is 0 Å². The Kier molecular flexibility index (Phi) is 5.23. The fourth-order valence-electron chi connectivity index (χ4n) is 1.64. The van der Waals surface area contributed by atoms with E-state index in [4.69, 9.17) is 0 Å². The molecule has 0 spiro atoms. The molecule has 1 rings (SSSR count). The van der Waals surface area contributed by atoms with Gasteiger partial charge in [-0.05, 0) is 31.6 Å². The van der Waals surface area contributed by atoms with Crippen LogP contribution in [0.25, 0.3) is 5.70 Å². The van der Waals surface area contributed by atoms with Crippen molar-refractivity contribution in [3.8, 4) is 0 Å². The van der Waals surface area contributed by atoms with Crippen LogP contribution in [0.15, 0.2) is 30.8 Å². The predicted octanol–water partition coefficient (Wildman–Crippen LogP) is 2.71. The van der Waals surface area contributed by atoms with Crippen LogP contribution in [0.1, 0.15) is 18.1 Å². The summed E-state index contributed by atoms with van der Waals surface area (Å²) in [4.78, 5) is 4.39. The zero-order valence-electron chi connectivity index (χ0n) is 11.5. The first-order chi connectivity index (χ1) is 8.04. The van der Waals surface area contributed by atoms with E-state index >= 15 is 0 Å². The first-order valence-electron chi connectivity index (χ1n) is 6.18. The van der Waals surface area contributed by atoms with Gasteiger partial charge in [0.2, 0.25) is 0 Å². The number of rotatable bonds is 6. The molecule has 0 aliphatic rings. The van der Waals surface area contributed by atoms with Gasteiger partial charge in [-0.1, -0.05) is 37.8 Å². The second-order valence-electron chi connectivity index (χ2n) is 4.72. The molecule has 0 bridgehead atoms. The van der Waals surface area contributed by atoms with Crippen molar-refractivity contribution >= 4 is 5.70 Å². The van der Waals surface area contributed by atoms with E-state index in [1.807, 2.05) is 0 Å². The highest BCUT2D eigenvalue weighted by Gasteiger charge is 2.05. The molecule has 0 fully saturated rings. The first-order valence-corrected chi connectivity index (χ1v) is 6.18. The van der Waals surface area contributed by atoms with E-state index in [9.17, 15) is 0 Å². The minimum absolute atomic E-state index is 1.00. The van der Waals surface area contributed by atoms with Crippen LogP contribution in [0.5, 0.6) is 0 Å². The van der Waals surface area contributed by atoms with E-state index in [2.05, 4.69) is 68.7 Å². The van der Waals surface area contributed by atoms with Gasteiger partial charge in [-0.3, -0.25) is 0 Å². The van der Waals surface area contributed by atoms with Crippen molar-refractivity contribution in [2.24, 2.45) is 0 Å². The Morgan fingerprint density at radius 3 is 2.12 bits per heavy atom. The molecular formula is C15H24N2. The minimum Gasteiger partial charge on any atom is -0.373 e. The maximum Gasteiger partial charge on any atom is 0.0364 e.